The molecule has 7 nitrogen and oxygen atoms in total. The Balaban J connectivity index is 1.59. The number of nitrogens with zero attached hydrogens (tertiary/aromatic N) is 4. The molecule has 2 N–H and O–H groups in total. The topological polar surface area (TPSA) is 93.7 Å². The van der Waals surface area contributed by atoms with E-state index >= 15 is 0 Å². The number of nitrogens with two attached hydrogens (primary N) is 1. The van der Waals surface area contributed by atoms with Crippen molar-refractivity contribution in [3.63, 3.8) is 0 Å². The van der Waals surface area contributed by atoms with Crippen molar-refractivity contribution >= 4 is 32.4 Å². The van der Waals surface area contributed by atoms with Crippen molar-refractivity contribution in [3.8, 4) is 6.07 Å². The lowest BCUT2D eigenvalue weighted by Crippen LogP contribution is -2.36. The highest BCUT2D eigenvalue weighted by Gasteiger charge is 2.20. The van der Waals surface area contributed by atoms with Crippen LogP contribution in [0.4, 0.5) is 11.4 Å². The summed E-state index contributed by atoms with van der Waals surface area (Å²) in [6.45, 7) is 4.11. The molecule has 8 heteroatoms. The minimum absolute atomic E-state index is 0.111. The molecule has 0 amide bonds. The Labute approximate surface area is 189 Å². The Morgan fingerprint density at radius 1 is 0.969 bits per heavy atom. The molecule has 0 aliphatic carbocycles. The third-order valence-electron chi connectivity index (χ3n) is 5.89. The predicted octanol–water partition coefficient (Wildman–Crippen LogP) is 3.06. The molecule has 32 heavy (non-hydrogen) atoms. The van der Waals surface area contributed by atoms with Crippen molar-refractivity contribution < 1.29 is 8.42 Å². The first-order chi connectivity index (χ1) is 15.3. The molecule has 3 aromatic rings. The molecule has 0 radical (unpaired) electrons. The van der Waals surface area contributed by atoms with E-state index in [1.54, 1.807) is 12.1 Å². The normalized spacial score (nSPS) is 15.3. The highest BCUT2D eigenvalue weighted by molar-refractivity contribution is 7.90. The maximum atomic E-state index is 12.4. The van der Waals surface area contributed by atoms with Crippen LogP contribution in [0.2, 0.25) is 0 Å². The molecule has 1 aliphatic heterocycles. The molecule has 0 atom stereocenters. The van der Waals surface area contributed by atoms with Crippen LogP contribution in [0.1, 0.15) is 17.5 Å². The first-order valence-corrected chi connectivity index (χ1v) is 12.1. The quantitative estimate of drug-likeness (QED) is 0.646. The second-order valence-electron chi connectivity index (χ2n) is 8.22. The van der Waals surface area contributed by atoms with E-state index in [0.717, 1.165) is 54.6 Å². The predicted molar refractivity (Wildman–Crippen MR) is 129 cm³/mol. The molecule has 0 aromatic heterocycles. The third-order valence-corrected chi connectivity index (χ3v) is 6.84. The van der Waals surface area contributed by atoms with Crippen LogP contribution in [0, 0.1) is 11.3 Å². The number of rotatable bonds is 5. The van der Waals surface area contributed by atoms with Crippen LogP contribution in [0.25, 0.3) is 10.8 Å². The summed E-state index contributed by atoms with van der Waals surface area (Å²) in [5.74, 6) is 0. The van der Waals surface area contributed by atoms with Crippen LogP contribution in [0.3, 0.4) is 0 Å². The van der Waals surface area contributed by atoms with Gasteiger partial charge in [-0.2, -0.15) is 13.7 Å². The zero-order chi connectivity index (χ0) is 22.7. The highest BCUT2D eigenvalue weighted by Crippen LogP contribution is 2.26. The Morgan fingerprint density at radius 3 is 2.44 bits per heavy atom. The Bertz CT molecular complexity index is 1250. The zero-order valence-corrected chi connectivity index (χ0v) is 18.9. The van der Waals surface area contributed by atoms with Gasteiger partial charge in [-0.1, -0.05) is 18.2 Å². The van der Waals surface area contributed by atoms with Crippen molar-refractivity contribution in [2.24, 2.45) is 5.14 Å². The fourth-order valence-corrected chi connectivity index (χ4v) is 4.84. The van der Waals surface area contributed by atoms with E-state index in [1.165, 1.54) is 4.31 Å². The van der Waals surface area contributed by atoms with Crippen LogP contribution >= 0.6 is 0 Å². The Kier molecular flexibility index (Phi) is 6.33. The van der Waals surface area contributed by atoms with Gasteiger partial charge in [0.05, 0.1) is 23.9 Å². The van der Waals surface area contributed by atoms with Crippen LogP contribution in [-0.2, 0) is 16.8 Å². The number of likely N-dealkylation sites (N-methyl/N-ethyl adjacent to an activating group) is 1. The average Bonchev–Trinajstić information content (AvgIpc) is 3.00. The van der Waals surface area contributed by atoms with Gasteiger partial charge in [-0.15, -0.1) is 0 Å². The Morgan fingerprint density at radius 2 is 1.72 bits per heavy atom. The van der Waals surface area contributed by atoms with Crippen molar-refractivity contribution in [2.75, 3.05) is 42.4 Å². The monoisotopic (exact) mass is 449 g/mol. The zero-order valence-electron chi connectivity index (χ0n) is 18.1. The lowest BCUT2D eigenvalue weighted by Gasteiger charge is -2.25. The molecule has 0 bridgehead atoms. The molecule has 1 saturated heterocycles. The maximum absolute atomic E-state index is 12.4. The van der Waals surface area contributed by atoms with Crippen molar-refractivity contribution in [3.05, 3.63) is 71.8 Å². The SMILES string of the molecule is CN1CCCN(c2ccc(N(Cc3ccc4ccc(C#N)cc4c3)S(N)(=O)=O)cc2)CC1. The summed E-state index contributed by atoms with van der Waals surface area (Å²) < 4.78 is 26.0. The highest BCUT2D eigenvalue weighted by atomic mass is 32.2. The smallest absolute Gasteiger partial charge is 0.299 e. The fourth-order valence-electron chi connectivity index (χ4n) is 4.09. The van der Waals surface area contributed by atoms with Gasteiger partial charge in [-0.3, -0.25) is 4.31 Å². The van der Waals surface area contributed by atoms with E-state index in [2.05, 4.69) is 22.9 Å². The van der Waals surface area contributed by atoms with E-state index in [9.17, 15) is 8.42 Å². The number of fused-ring (bicyclic) bond motifs is 1. The minimum atomic E-state index is -3.97. The van der Waals surface area contributed by atoms with Gasteiger partial charge in [-0.05, 0) is 78.8 Å². The van der Waals surface area contributed by atoms with Gasteiger partial charge in [0.2, 0.25) is 0 Å². The maximum Gasteiger partial charge on any atom is 0.299 e. The van der Waals surface area contributed by atoms with E-state index in [4.69, 9.17) is 10.4 Å². The van der Waals surface area contributed by atoms with Crippen molar-refractivity contribution in [1.82, 2.24) is 4.90 Å². The standard InChI is InChI=1S/C24H27N5O2S/c1-27-11-2-12-28(14-13-27)23-7-9-24(10-8-23)29(32(26,30)31)18-20-4-6-21-5-3-19(17-25)15-22(21)16-20/h3-10,15-16H,2,11-14,18H2,1H3,(H2,26,30,31). The number of hydrogen-bond acceptors (Lipinski definition) is 5. The molecule has 166 valence electrons. The summed E-state index contributed by atoms with van der Waals surface area (Å²) in [6, 6.07) is 20.8. The first kappa shape index (κ1) is 22.1. The number of hydrogen-bond donors (Lipinski definition) is 1. The number of nitriles is 1. The van der Waals surface area contributed by atoms with E-state index < -0.39 is 10.2 Å². The van der Waals surface area contributed by atoms with Crippen LogP contribution in [0.15, 0.2) is 60.7 Å². The summed E-state index contributed by atoms with van der Waals surface area (Å²) in [4.78, 5) is 4.64. The molecule has 1 heterocycles. The van der Waals surface area contributed by atoms with E-state index in [1.807, 2.05) is 48.5 Å². The summed E-state index contributed by atoms with van der Waals surface area (Å²) >= 11 is 0. The van der Waals surface area contributed by atoms with Crippen LogP contribution < -0.4 is 14.3 Å². The van der Waals surface area contributed by atoms with Gasteiger partial charge in [0.15, 0.2) is 0 Å². The molecule has 4 rings (SSSR count). The van der Waals surface area contributed by atoms with Gasteiger partial charge in [0.25, 0.3) is 10.2 Å². The molecule has 3 aromatic carbocycles. The molecule has 0 spiro atoms. The summed E-state index contributed by atoms with van der Waals surface area (Å²) in [5.41, 5.74) is 2.96. The molecule has 1 aliphatic rings. The van der Waals surface area contributed by atoms with Crippen molar-refractivity contribution in [2.45, 2.75) is 13.0 Å². The summed E-state index contributed by atoms with van der Waals surface area (Å²) in [7, 11) is -1.84. The second-order valence-corrected chi connectivity index (χ2v) is 9.69. The first-order valence-electron chi connectivity index (χ1n) is 10.6. The molecule has 0 unspecified atom stereocenters. The van der Waals surface area contributed by atoms with Gasteiger partial charge in [0.1, 0.15) is 0 Å². The lowest BCUT2D eigenvalue weighted by atomic mass is 10.0. The van der Waals surface area contributed by atoms with E-state index in [-0.39, 0.29) is 6.54 Å². The number of anilines is 2. The molecule has 0 saturated carbocycles. The molecule has 1 fully saturated rings. The lowest BCUT2D eigenvalue weighted by molar-refractivity contribution is 0.360. The molecular formula is C24H27N5O2S. The van der Waals surface area contributed by atoms with E-state index in [0.29, 0.717) is 11.3 Å². The van der Waals surface area contributed by atoms with Gasteiger partial charge in [-0.25, -0.2) is 5.14 Å². The number of benzene rings is 3. The Hall–Kier alpha value is -3.12. The van der Waals surface area contributed by atoms with Gasteiger partial charge >= 0.3 is 0 Å². The van der Waals surface area contributed by atoms with Crippen molar-refractivity contribution in [1.29, 1.82) is 5.26 Å². The van der Waals surface area contributed by atoms with Gasteiger partial charge in [0, 0.05) is 25.3 Å². The largest absolute Gasteiger partial charge is 0.370 e. The molecular weight excluding hydrogens is 422 g/mol. The average molecular weight is 450 g/mol. The summed E-state index contributed by atoms with van der Waals surface area (Å²) in [5, 5.41) is 16.6. The minimum Gasteiger partial charge on any atom is -0.370 e. The van der Waals surface area contributed by atoms with Crippen LogP contribution in [0.5, 0.6) is 0 Å². The fraction of sp³-hybridized carbons (Fsp3) is 0.292. The van der Waals surface area contributed by atoms with Crippen LogP contribution in [-0.4, -0.2) is 46.5 Å². The second kappa shape index (κ2) is 9.17. The third kappa shape index (κ3) is 5.02. The summed E-state index contributed by atoms with van der Waals surface area (Å²) in [6.07, 6.45) is 1.09. The van der Waals surface area contributed by atoms with Gasteiger partial charge < -0.3 is 9.80 Å².